The first kappa shape index (κ1) is 14.4. The first-order chi connectivity index (χ1) is 9.28. The third-order valence-electron chi connectivity index (χ3n) is 2.94. The summed E-state index contributed by atoms with van der Waals surface area (Å²) in [6.07, 6.45) is 2.83. The van der Waals surface area contributed by atoms with Crippen LogP contribution in [0.3, 0.4) is 0 Å². The molecule has 20 heavy (non-hydrogen) atoms. The molecule has 0 N–H and O–H groups in total. The van der Waals surface area contributed by atoms with Crippen LogP contribution >= 0.6 is 0 Å². The van der Waals surface area contributed by atoms with Crippen molar-refractivity contribution in [3.05, 3.63) is 12.5 Å². The van der Waals surface area contributed by atoms with Gasteiger partial charge in [0.2, 0.25) is 5.91 Å². The lowest BCUT2D eigenvalue weighted by Gasteiger charge is -2.34. The highest BCUT2D eigenvalue weighted by Crippen LogP contribution is 2.17. The lowest BCUT2D eigenvalue weighted by Crippen LogP contribution is -2.53. The van der Waals surface area contributed by atoms with Gasteiger partial charge < -0.3 is 9.30 Å². The number of carbonyl (C=O) groups is 2. The van der Waals surface area contributed by atoms with Crippen molar-refractivity contribution < 1.29 is 14.3 Å². The molecule has 0 radical (unpaired) electrons. The highest BCUT2D eigenvalue weighted by Gasteiger charge is 2.31. The minimum Gasteiger partial charge on any atom is -0.444 e. The van der Waals surface area contributed by atoms with Gasteiger partial charge in [0.25, 0.3) is 0 Å². The van der Waals surface area contributed by atoms with Gasteiger partial charge in [0.1, 0.15) is 18.0 Å². The van der Waals surface area contributed by atoms with E-state index in [1.807, 2.05) is 7.05 Å². The molecule has 0 aromatic carbocycles. The van der Waals surface area contributed by atoms with Crippen LogP contribution in [0.2, 0.25) is 0 Å². The molecule has 1 aliphatic heterocycles. The number of aryl methyl sites for hydroxylation is 1. The summed E-state index contributed by atoms with van der Waals surface area (Å²) in [5.41, 5.74) is -0.556. The monoisotopic (exact) mass is 280 g/mol. The Labute approximate surface area is 118 Å². The van der Waals surface area contributed by atoms with Crippen LogP contribution in [0.5, 0.6) is 0 Å². The Morgan fingerprint density at radius 1 is 1.35 bits per heavy atom. The second kappa shape index (κ2) is 5.15. The number of ether oxygens (including phenoxy) is 1. The van der Waals surface area contributed by atoms with Crippen LogP contribution in [0.25, 0.3) is 0 Å². The van der Waals surface area contributed by atoms with Crippen LogP contribution in [0.15, 0.2) is 12.5 Å². The molecule has 2 amide bonds. The number of anilines is 1. The Kier molecular flexibility index (Phi) is 3.69. The lowest BCUT2D eigenvalue weighted by atomic mass is 10.2. The molecule has 2 heterocycles. The number of carbonyl (C=O) groups excluding carboxylic acids is 2. The Balaban J connectivity index is 2.01. The molecule has 110 valence electrons. The summed E-state index contributed by atoms with van der Waals surface area (Å²) in [6, 6.07) is 0. The Morgan fingerprint density at radius 2 is 2.05 bits per heavy atom. The van der Waals surface area contributed by atoms with Gasteiger partial charge in [-0.1, -0.05) is 0 Å². The zero-order chi connectivity index (χ0) is 14.9. The predicted octanol–water partition coefficient (Wildman–Crippen LogP) is 1.00. The van der Waals surface area contributed by atoms with Crippen molar-refractivity contribution in [2.75, 3.05) is 24.5 Å². The summed E-state index contributed by atoms with van der Waals surface area (Å²) in [7, 11) is 1.83. The highest BCUT2D eigenvalue weighted by molar-refractivity contribution is 5.96. The van der Waals surface area contributed by atoms with Crippen LogP contribution in [0.1, 0.15) is 20.8 Å². The van der Waals surface area contributed by atoms with Crippen LogP contribution in [-0.4, -0.2) is 51.7 Å². The van der Waals surface area contributed by atoms with E-state index in [0.717, 1.165) is 5.82 Å². The molecule has 0 aliphatic carbocycles. The molecule has 0 spiro atoms. The van der Waals surface area contributed by atoms with Gasteiger partial charge in [0.05, 0.1) is 12.5 Å². The summed E-state index contributed by atoms with van der Waals surface area (Å²) in [5.74, 6) is 0.601. The standard InChI is InChI=1S/C13H20N4O3/c1-13(2,3)20-12(19)16-5-6-17(11(18)8-16)10-7-14-9-15(10)4/h7,9H,5-6,8H2,1-4H3. The molecule has 0 bridgehead atoms. The van der Waals surface area contributed by atoms with Gasteiger partial charge in [-0.3, -0.25) is 14.6 Å². The van der Waals surface area contributed by atoms with Crippen LogP contribution in [0, 0.1) is 0 Å². The van der Waals surface area contributed by atoms with Gasteiger partial charge in [-0.25, -0.2) is 9.78 Å². The minimum atomic E-state index is -0.556. The lowest BCUT2D eigenvalue weighted by molar-refractivity contribution is -0.121. The fraction of sp³-hybridized carbons (Fsp3) is 0.615. The third-order valence-corrected chi connectivity index (χ3v) is 2.94. The Bertz CT molecular complexity index is 518. The van der Waals surface area contributed by atoms with Crippen molar-refractivity contribution in [1.82, 2.24) is 14.5 Å². The number of aromatic nitrogens is 2. The summed E-state index contributed by atoms with van der Waals surface area (Å²) in [4.78, 5) is 31.2. The van der Waals surface area contributed by atoms with Crippen LogP contribution < -0.4 is 4.90 Å². The van der Waals surface area contributed by atoms with Gasteiger partial charge in [-0.15, -0.1) is 0 Å². The summed E-state index contributed by atoms with van der Waals surface area (Å²) < 4.78 is 7.05. The molecular weight excluding hydrogens is 260 g/mol. The van der Waals surface area contributed by atoms with E-state index < -0.39 is 11.7 Å². The maximum Gasteiger partial charge on any atom is 0.410 e. The SMILES string of the molecule is Cn1cncc1N1CCN(C(=O)OC(C)(C)C)CC1=O. The number of nitrogens with zero attached hydrogens (tertiary/aromatic N) is 4. The van der Waals surface area contributed by atoms with Crippen molar-refractivity contribution >= 4 is 17.8 Å². The van der Waals surface area contributed by atoms with Crippen molar-refractivity contribution in [3.63, 3.8) is 0 Å². The smallest absolute Gasteiger partial charge is 0.410 e. The average molecular weight is 280 g/mol. The second-order valence-corrected chi connectivity index (χ2v) is 5.81. The van der Waals surface area contributed by atoms with Gasteiger partial charge >= 0.3 is 6.09 Å². The van der Waals surface area contributed by atoms with Crippen molar-refractivity contribution in [3.8, 4) is 0 Å². The van der Waals surface area contributed by atoms with Crippen molar-refractivity contribution in [1.29, 1.82) is 0 Å². The van der Waals surface area contributed by atoms with Crippen molar-refractivity contribution in [2.45, 2.75) is 26.4 Å². The molecule has 0 saturated carbocycles. The summed E-state index contributed by atoms with van der Waals surface area (Å²) in [5, 5.41) is 0. The molecule has 2 rings (SSSR count). The summed E-state index contributed by atoms with van der Waals surface area (Å²) in [6.45, 7) is 6.33. The number of rotatable bonds is 1. The molecule has 0 atom stereocenters. The maximum atomic E-state index is 12.2. The normalized spacial score (nSPS) is 16.5. The van der Waals surface area contributed by atoms with E-state index in [0.29, 0.717) is 13.1 Å². The number of imidazole rings is 1. The van der Waals surface area contributed by atoms with E-state index in [1.165, 1.54) is 4.90 Å². The second-order valence-electron chi connectivity index (χ2n) is 5.81. The topological polar surface area (TPSA) is 67.7 Å². The van der Waals surface area contributed by atoms with Gasteiger partial charge in [0.15, 0.2) is 0 Å². The fourth-order valence-electron chi connectivity index (χ4n) is 2.01. The number of amides is 2. The molecular formula is C13H20N4O3. The van der Waals surface area contributed by atoms with E-state index in [2.05, 4.69) is 4.98 Å². The number of piperazine rings is 1. The molecule has 1 aliphatic rings. The van der Waals surface area contributed by atoms with Crippen LogP contribution in [0.4, 0.5) is 10.6 Å². The first-order valence-corrected chi connectivity index (χ1v) is 6.52. The molecule has 1 aromatic rings. The molecule has 7 nitrogen and oxygen atoms in total. The van der Waals surface area contributed by atoms with Gasteiger partial charge in [0, 0.05) is 20.1 Å². The van der Waals surface area contributed by atoms with E-state index >= 15 is 0 Å². The van der Waals surface area contributed by atoms with Crippen LogP contribution in [-0.2, 0) is 16.6 Å². The molecule has 1 aromatic heterocycles. The zero-order valence-electron chi connectivity index (χ0n) is 12.3. The van der Waals surface area contributed by atoms with Gasteiger partial charge in [-0.05, 0) is 20.8 Å². The van der Waals surface area contributed by atoms with E-state index in [4.69, 9.17) is 4.74 Å². The fourth-order valence-corrected chi connectivity index (χ4v) is 2.01. The Hall–Kier alpha value is -2.05. The third kappa shape index (κ3) is 3.09. The highest BCUT2D eigenvalue weighted by atomic mass is 16.6. The number of hydrogen-bond donors (Lipinski definition) is 0. The largest absolute Gasteiger partial charge is 0.444 e. The predicted molar refractivity (Wildman–Crippen MR) is 73.4 cm³/mol. The van der Waals surface area contributed by atoms with E-state index in [9.17, 15) is 9.59 Å². The number of hydrogen-bond acceptors (Lipinski definition) is 4. The Morgan fingerprint density at radius 3 is 2.55 bits per heavy atom. The van der Waals surface area contributed by atoms with Gasteiger partial charge in [-0.2, -0.15) is 0 Å². The first-order valence-electron chi connectivity index (χ1n) is 6.52. The van der Waals surface area contributed by atoms with Crippen molar-refractivity contribution in [2.24, 2.45) is 7.05 Å². The molecule has 0 unspecified atom stereocenters. The quantitative estimate of drug-likeness (QED) is 0.769. The molecule has 7 heteroatoms. The maximum absolute atomic E-state index is 12.2. The summed E-state index contributed by atoms with van der Waals surface area (Å²) >= 11 is 0. The molecule has 1 saturated heterocycles. The van der Waals surface area contributed by atoms with E-state index in [1.54, 1.807) is 42.8 Å². The van der Waals surface area contributed by atoms with E-state index in [-0.39, 0.29) is 12.5 Å². The zero-order valence-corrected chi connectivity index (χ0v) is 12.3. The minimum absolute atomic E-state index is 0.0279. The average Bonchev–Trinajstić information content (AvgIpc) is 2.73. The molecule has 1 fully saturated rings.